The molecular weight excluding hydrogens is 330 g/mol. The topological polar surface area (TPSA) is 101 Å². The standard InChI is InChI=1S/C12H12BrN3O4/c13-9-5-8(2-3-10(9)16(19)20)15-12(18)7-1-4-11(17)14-6-7/h2-3,5,7H,1,4,6H2,(H,14,17)(H,15,18). The molecule has 1 aromatic carbocycles. The summed E-state index contributed by atoms with van der Waals surface area (Å²) in [6, 6.07) is 4.28. The van der Waals surface area contributed by atoms with Crippen molar-refractivity contribution in [2.24, 2.45) is 5.92 Å². The van der Waals surface area contributed by atoms with Crippen molar-refractivity contribution in [3.8, 4) is 0 Å². The third-order valence-corrected chi connectivity index (χ3v) is 3.68. The summed E-state index contributed by atoms with van der Waals surface area (Å²) in [5, 5.41) is 16.0. The minimum Gasteiger partial charge on any atom is -0.355 e. The second-order valence-corrected chi connectivity index (χ2v) is 5.31. The summed E-state index contributed by atoms with van der Waals surface area (Å²) in [6.07, 6.45) is 0.841. The molecule has 1 atom stereocenters. The van der Waals surface area contributed by atoms with Crippen LogP contribution in [0.2, 0.25) is 0 Å². The number of halogens is 1. The highest BCUT2D eigenvalue weighted by Gasteiger charge is 2.24. The summed E-state index contributed by atoms with van der Waals surface area (Å²) in [5.74, 6) is -0.528. The molecule has 1 saturated heterocycles. The zero-order valence-corrected chi connectivity index (χ0v) is 12.0. The Balaban J connectivity index is 2.03. The van der Waals surface area contributed by atoms with Crippen molar-refractivity contribution >= 4 is 39.1 Å². The molecule has 0 aromatic heterocycles. The van der Waals surface area contributed by atoms with Gasteiger partial charge in [0.15, 0.2) is 0 Å². The van der Waals surface area contributed by atoms with Crippen molar-refractivity contribution in [3.05, 3.63) is 32.8 Å². The van der Waals surface area contributed by atoms with Gasteiger partial charge in [0.25, 0.3) is 5.69 Å². The zero-order valence-electron chi connectivity index (χ0n) is 10.4. The van der Waals surface area contributed by atoms with E-state index in [1.807, 2.05) is 0 Å². The van der Waals surface area contributed by atoms with E-state index in [0.29, 0.717) is 29.5 Å². The van der Waals surface area contributed by atoms with E-state index in [0.717, 1.165) is 0 Å². The number of carbonyl (C=O) groups is 2. The van der Waals surface area contributed by atoms with Crippen molar-refractivity contribution in [2.45, 2.75) is 12.8 Å². The molecule has 20 heavy (non-hydrogen) atoms. The predicted molar refractivity (Wildman–Crippen MR) is 75.2 cm³/mol. The normalized spacial score (nSPS) is 18.2. The van der Waals surface area contributed by atoms with E-state index in [2.05, 4.69) is 26.6 Å². The number of anilines is 1. The molecule has 0 aliphatic carbocycles. The second-order valence-electron chi connectivity index (χ2n) is 4.45. The lowest BCUT2D eigenvalue weighted by Gasteiger charge is -2.21. The van der Waals surface area contributed by atoms with Crippen LogP contribution in [0.5, 0.6) is 0 Å². The molecule has 0 bridgehead atoms. The average Bonchev–Trinajstić information content (AvgIpc) is 2.39. The molecule has 1 heterocycles. The number of rotatable bonds is 3. The maximum Gasteiger partial charge on any atom is 0.283 e. The lowest BCUT2D eigenvalue weighted by Crippen LogP contribution is -2.40. The average molecular weight is 342 g/mol. The van der Waals surface area contributed by atoms with Crippen LogP contribution < -0.4 is 10.6 Å². The van der Waals surface area contributed by atoms with Crippen LogP contribution in [0.1, 0.15) is 12.8 Å². The number of nitrogens with one attached hydrogen (secondary N) is 2. The van der Waals surface area contributed by atoms with Crippen LogP contribution in [0.15, 0.2) is 22.7 Å². The molecule has 2 N–H and O–H groups in total. The van der Waals surface area contributed by atoms with Gasteiger partial charge in [-0.3, -0.25) is 19.7 Å². The fraction of sp³-hybridized carbons (Fsp3) is 0.333. The highest BCUT2D eigenvalue weighted by Crippen LogP contribution is 2.28. The van der Waals surface area contributed by atoms with Crippen molar-refractivity contribution in [1.29, 1.82) is 0 Å². The van der Waals surface area contributed by atoms with Crippen LogP contribution >= 0.6 is 15.9 Å². The molecule has 0 saturated carbocycles. The van der Waals surface area contributed by atoms with Gasteiger partial charge in [-0.15, -0.1) is 0 Å². The van der Waals surface area contributed by atoms with Crippen LogP contribution in [-0.4, -0.2) is 23.3 Å². The van der Waals surface area contributed by atoms with Gasteiger partial charge in [0.2, 0.25) is 11.8 Å². The van der Waals surface area contributed by atoms with Gasteiger partial charge in [0.1, 0.15) is 0 Å². The molecular formula is C12H12BrN3O4. The van der Waals surface area contributed by atoms with Gasteiger partial charge in [0.05, 0.1) is 15.3 Å². The Hall–Kier alpha value is -1.96. The third-order valence-electron chi connectivity index (χ3n) is 3.05. The molecule has 1 aliphatic heterocycles. The Kier molecular flexibility index (Phi) is 4.33. The summed E-state index contributed by atoms with van der Waals surface area (Å²) < 4.78 is 0.303. The number of nitro groups is 1. The molecule has 1 aromatic rings. The highest BCUT2D eigenvalue weighted by molar-refractivity contribution is 9.10. The van der Waals surface area contributed by atoms with Crippen LogP contribution in [-0.2, 0) is 9.59 Å². The first-order chi connectivity index (χ1) is 9.47. The largest absolute Gasteiger partial charge is 0.355 e. The van der Waals surface area contributed by atoms with Crippen LogP contribution in [0.25, 0.3) is 0 Å². The van der Waals surface area contributed by atoms with Gasteiger partial charge in [-0.05, 0) is 34.5 Å². The number of nitrogens with zero attached hydrogens (tertiary/aromatic N) is 1. The molecule has 0 spiro atoms. The first kappa shape index (κ1) is 14.4. The van der Waals surface area contributed by atoms with Gasteiger partial charge in [0, 0.05) is 24.7 Å². The quantitative estimate of drug-likeness (QED) is 0.646. The maximum atomic E-state index is 12.0. The van der Waals surface area contributed by atoms with Gasteiger partial charge in [-0.1, -0.05) is 0 Å². The number of hydrogen-bond donors (Lipinski definition) is 2. The van der Waals surface area contributed by atoms with Gasteiger partial charge < -0.3 is 10.6 Å². The Labute approximate surface area is 123 Å². The summed E-state index contributed by atoms with van der Waals surface area (Å²) in [6.45, 7) is 0.318. The summed E-state index contributed by atoms with van der Waals surface area (Å²) >= 11 is 3.09. The number of carbonyl (C=O) groups excluding carboxylic acids is 2. The fourth-order valence-electron chi connectivity index (χ4n) is 1.93. The monoisotopic (exact) mass is 341 g/mol. The minimum absolute atomic E-state index is 0.0490. The third kappa shape index (κ3) is 3.32. The molecule has 8 heteroatoms. The number of piperidine rings is 1. The predicted octanol–water partition coefficient (Wildman–Crippen LogP) is 1.82. The van der Waals surface area contributed by atoms with Crippen molar-refractivity contribution in [1.82, 2.24) is 5.32 Å². The number of amides is 2. The molecule has 1 fully saturated rings. The molecule has 0 radical (unpaired) electrons. The molecule has 7 nitrogen and oxygen atoms in total. The Morgan fingerprint density at radius 3 is 2.80 bits per heavy atom. The minimum atomic E-state index is -0.508. The van der Waals surface area contributed by atoms with E-state index < -0.39 is 4.92 Å². The van der Waals surface area contributed by atoms with Crippen molar-refractivity contribution in [3.63, 3.8) is 0 Å². The van der Waals surface area contributed by atoms with E-state index in [9.17, 15) is 19.7 Å². The van der Waals surface area contributed by atoms with E-state index in [1.54, 1.807) is 0 Å². The SMILES string of the molecule is O=C1CCC(C(=O)Nc2ccc([N+](=O)[O-])c(Br)c2)CN1. The van der Waals surface area contributed by atoms with Crippen LogP contribution in [0.3, 0.4) is 0 Å². The first-order valence-electron chi connectivity index (χ1n) is 5.99. The lowest BCUT2D eigenvalue weighted by atomic mass is 9.98. The molecule has 1 unspecified atom stereocenters. The van der Waals surface area contributed by atoms with Gasteiger partial charge >= 0.3 is 0 Å². The maximum absolute atomic E-state index is 12.0. The molecule has 2 amide bonds. The van der Waals surface area contributed by atoms with Crippen molar-refractivity contribution < 1.29 is 14.5 Å². The van der Waals surface area contributed by atoms with E-state index >= 15 is 0 Å². The van der Waals surface area contributed by atoms with E-state index in [1.165, 1.54) is 18.2 Å². The van der Waals surface area contributed by atoms with Crippen LogP contribution in [0, 0.1) is 16.0 Å². The highest BCUT2D eigenvalue weighted by atomic mass is 79.9. The smallest absolute Gasteiger partial charge is 0.283 e. The Morgan fingerprint density at radius 1 is 1.50 bits per heavy atom. The Bertz CT molecular complexity index is 566. The summed E-state index contributed by atoms with van der Waals surface area (Å²) in [4.78, 5) is 33.2. The lowest BCUT2D eigenvalue weighted by molar-refractivity contribution is -0.385. The number of hydrogen-bond acceptors (Lipinski definition) is 4. The summed E-state index contributed by atoms with van der Waals surface area (Å²) in [7, 11) is 0. The van der Waals surface area contributed by atoms with Crippen LogP contribution in [0.4, 0.5) is 11.4 Å². The second kappa shape index (κ2) is 6.00. The Morgan fingerprint density at radius 2 is 2.25 bits per heavy atom. The molecule has 106 valence electrons. The fourth-order valence-corrected chi connectivity index (χ4v) is 2.46. The zero-order chi connectivity index (χ0) is 14.7. The van der Waals surface area contributed by atoms with Crippen molar-refractivity contribution in [2.75, 3.05) is 11.9 Å². The molecule has 2 rings (SSSR count). The number of benzene rings is 1. The van der Waals surface area contributed by atoms with Gasteiger partial charge in [-0.2, -0.15) is 0 Å². The molecule has 1 aliphatic rings. The van der Waals surface area contributed by atoms with Gasteiger partial charge in [-0.25, -0.2) is 0 Å². The van der Waals surface area contributed by atoms with E-state index in [-0.39, 0.29) is 23.4 Å². The first-order valence-corrected chi connectivity index (χ1v) is 6.78. The summed E-state index contributed by atoms with van der Waals surface area (Å²) in [5.41, 5.74) is 0.414. The number of nitro benzene ring substituents is 1. The van der Waals surface area contributed by atoms with E-state index in [4.69, 9.17) is 0 Å².